The van der Waals surface area contributed by atoms with E-state index in [2.05, 4.69) is 25.1 Å². The van der Waals surface area contributed by atoms with Crippen molar-refractivity contribution < 1.29 is 32.0 Å². The quantitative estimate of drug-likeness (QED) is 0.0704. The third-order valence-electron chi connectivity index (χ3n) is 11.4. The largest absolute Gasteiger partial charge is 0.490 e. The van der Waals surface area contributed by atoms with Crippen LogP contribution in [0.2, 0.25) is 0 Å². The van der Waals surface area contributed by atoms with Gasteiger partial charge in [-0.05, 0) is 104 Å². The van der Waals surface area contributed by atoms with E-state index in [0.29, 0.717) is 37.7 Å². The smallest absolute Gasteiger partial charge is 0.266 e. The van der Waals surface area contributed by atoms with Crippen LogP contribution in [0.3, 0.4) is 0 Å². The van der Waals surface area contributed by atoms with Crippen LogP contribution in [0.15, 0.2) is 150 Å². The second-order valence-corrected chi connectivity index (χ2v) is 21.5. The first-order valence-electron chi connectivity index (χ1n) is 22.0. The molecule has 354 valence electrons. The van der Waals surface area contributed by atoms with Crippen LogP contribution in [0.25, 0.3) is 46.0 Å². The van der Waals surface area contributed by atoms with E-state index in [4.69, 9.17) is 48.7 Å². The monoisotopic (exact) mass is 1020 g/mol. The number of benzene rings is 5. The van der Waals surface area contributed by atoms with Gasteiger partial charge in [0.25, 0.3) is 21.9 Å². The summed E-state index contributed by atoms with van der Waals surface area (Å²) in [5.41, 5.74) is 10.1. The number of fused-ring (bicyclic) bond motifs is 1. The lowest BCUT2D eigenvalue weighted by Gasteiger charge is -2.12. The molecule has 10 rings (SSSR count). The lowest BCUT2D eigenvalue weighted by Crippen LogP contribution is -2.32. The maximum atomic E-state index is 13.0. The minimum atomic E-state index is -4.24. The van der Waals surface area contributed by atoms with E-state index in [0.717, 1.165) is 63.3 Å². The van der Waals surface area contributed by atoms with E-state index in [1.54, 1.807) is 17.8 Å². The Balaban J connectivity index is 0.000000181. The van der Waals surface area contributed by atoms with Gasteiger partial charge >= 0.3 is 0 Å². The van der Waals surface area contributed by atoms with Crippen LogP contribution in [0.4, 0.5) is 0 Å². The standard InChI is InChI=1S/C29H25N3O5S3.C23H19N3O2S2/c1-20-7-9-21(10-8-20)19-37-25-13-11-22(12-14-25)27-23(18-32(30-27)24-5-3-2-4-6-24)17-26-28(33)31(29(38)39-26)15-16-40(34,35)36;1-14-10-16-11-15(8-9-19(16)28-14)21-17(12-20-22(27)25(2)23(29)30-20)13-26(24-21)18-6-4-3-5-7-18/h2-14,17-18H,15-16,19H2,1H3,(H,34,35,36);3-9,11-14H,10H2,1-2H3/b26-17-;20-12-. The SMILES string of the molecule is CC1Cc2cc(-c3nn(-c4ccccc4)cc3/C=C3\SC(=S)N(C)C3=O)ccc2O1.Cc1ccc(COc2ccc(-c3nn(-c4ccccc4)cc3/C=C3\SC(=S)N(CCS(=O)(=O)O)C3=O)cc2)cc1. The van der Waals surface area contributed by atoms with Crippen molar-refractivity contribution in [2.75, 3.05) is 19.3 Å². The number of ether oxygens (including phenoxy) is 2. The van der Waals surface area contributed by atoms with Crippen LogP contribution in [0, 0.1) is 6.92 Å². The lowest BCUT2D eigenvalue weighted by molar-refractivity contribution is -0.122. The summed E-state index contributed by atoms with van der Waals surface area (Å²) in [5.74, 6) is 0.550. The number of nitrogens with zero attached hydrogens (tertiary/aromatic N) is 6. The Morgan fingerprint density at radius 1 is 0.757 bits per heavy atom. The van der Waals surface area contributed by atoms with Gasteiger partial charge in [0.15, 0.2) is 0 Å². The van der Waals surface area contributed by atoms with Crippen molar-refractivity contribution in [1.29, 1.82) is 0 Å². The molecule has 3 aliphatic rings. The Hall–Kier alpha value is -6.67. The first kappa shape index (κ1) is 48.4. The number of thioether (sulfide) groups is 2. The summed E-state index contributed by atoms with van der Waals surface area (Å²) in [6, 6.07) is 41.5. The van der Waals surface area contributed by atoms with Gasteiger partial charge in [-0.25, -0.2) is 9.36 Å². The average molecular weight is 1030 g/mol. The topological polar surface area (TPSA) is 149 Å². The number of carbonyl (C=O) groups excluding carboxylic acids is 2. The number of amides is 2. The molecule has 18 heteroatoms. The third kappa shape index (κ3) is 11.2. The number of thiocarbonyl (C=S) groups is 2. The van der Waals surface area contributed by atoms with Crippen LogP contribution >= 0.6 is 48.0 Å². The maximum Gasteiger partial charge on any atom is 0.266 e. The second kappa shape index (κ2) is 20.7. The van der Waals surface area contributed by atoms with Crippen LogP contribution in [-0.2, 0) is 32.7 Å². The summed E-state index contributed by atoms with van der Waals surface area (Å²) in [6.07, 6.45) is 8.44. The van der Waals surface area contributed by atoms with Crippen molar-refractivity contribution in [3.8, 4) is 45.4 Å². The van der Waals surface area contributed by atoms with Gasteiger partial charge in [-0.3, -0.25) is 23.9 Å². The molecule has 7 aromatic rings. The number of para-hydroxylation sites is 2. The normalized spacial score (nSPS) is 16.8. The summed E-state index contributed by atoms with van der Waals surface area (Å²) in [5, 5.41) is 9.67. The van der Waals surface area contributed by atoms with E-state index in [1.165, 1.54) is 32.7 Å². The van der Waals surface area contributed by atoms with Gasteiger partial charge in [-0.1, -0.05) is 114 Å². The molecule has 1 unspecified atom stereocenters. The molecule has 3 aliphatic heterocycles. The van der Waals surface area contributed by atoms with Crippen LogP contribution in [0.1, 0.15) is 34.7 Å². The molecule has 70 heavy (non-hydrogen) atoms. The highest BCUT2D eigenvalue weighted by Crippen LogP contribution is 2.38. The predicted octanol–water partition coefficient (Wildman–Crippen LogP) is 10.2. The van der Waals surface area contributed by atoms with Gasteiger partial charge in [-0.15, -0.1) is 0 Å². The molecular weight excluding hydrogens is 981 g/mol. The summed E-state index contributed by atoms with van der Waals surface area (Å²) in [7, 11) is -2.53. The fourth-order valence-electron chi connectivity index (χ4n) is 7.72. The van der Waals surface area contributed by atoms with Crippen LogP contribution < -0.4 is 9.47 Å². The van der Waals surface area contributed by atoms with Crippen molar-refractivity contribution in [2.24, 2.45) is 0 Å². The van der Waals surface area contributed by atoms with Gasteiger partial charge in [0.2, 0.25) is 0 Å². The fourth-order valence-corrected chi connectivity index (χ4v) is 10.6. The Labute approximate surface area is 424 Å². The molecule has 1 N–H and O–H groups in total. The molecule has 5 heterocycles. The number of aryl methyl sites for hydroxylation is 1. The van der Waals surface area contributed by atoms with E-state index in [9.17, 15) is 18.0 Å². The van der Waals surface area contributed by atoms with E-state index < -0.39 is 21.8 Å². The van der Waals surface area contributed by atoms with Crippen molar-refractivity contribution in [3.05, 3.63) is 177 Å². The van der Waals surface area contributed by atoms with Gasteiger partial charge in [0.1, 0.15) is 38.5 Å². The zero-order valence-corrected chi connectivity index (χ0v) is 42.0. The zero-order chi connectivity index (χ0) is 49.1. The number of hydrogen-bond donors (Lipinski definition) is 1. The highest BCUT2D eigenvalue weighted by Gasteiger charge is 2.33. The molecule has 2 amide bonds. The number of hydrogen-bond acceptors (Lipinski definition) is 12. The van der Waals surface area contributed by atoms with Crippen molar-refractivity contribution in [3.63, 3.8) is 0 Å². The van der Waals surface area contributed by atoms with Crippen molar-refractivity contribution in [2.45, 2.75) is 33.0 Å². The van der Waals surface area contributed by atoms with Crippen molar-refractivity contribution >= 4 is 90.7 Å². The second-order valence-electron chi connectivity index (χ2n) is 16.5. The van der Waals surface area contributed by atoms with E-state index in [-0.39, 0.29) is 22.9 Å². The molecule has 0 spiro atoms. The minimum Gasteiger partial charge on any atom is -0.490 e. The predicted molar refractivity (Wildman–Crippen MR) is 285 cm³/mol. The average Bonchev–Trinajstić information content (AvgIpc) is 4.17. The molecule has 2 saturated heterocycles. The van der Waals surface area contributed by atoms with E-state index >= 15 is 0 Å². The summed E-state index contributed by atoms with van der Waals surface area (Å²) < 4.78 is 47.7. The number of carbonyl (C=O) groups is 2. The van der Waals surface area contributed by atoms with Gasteiger partial charge in [0, 0.05) is 54.7 Å². The number of likely N-dealkylation sites (N-methyl/N-ethyl adjacent to an activating group) is 1. The first-order chi connectivity index (χ1) is 33.7. The third-order valence-corrected chi connectivity index (χ3v) is 14.9. The Bertz CT molecular complexity index is 3320. The maximum absolute atomic E-state index is 13.0. The molecule has 5 aromatic carbocycles. The first-order valence-corrected chi connectivity index (χ1v) is 26.0. The molecule has 0 aliphatic carbocycles. The fraction of sp³-hybridized carbons (Fsp3) is 0.154. The Morgan fingerprint density at radius 3 is 1.89 bits per heavy atom. The number of rotatable bonds is 12. The van der Waals surface area contributed by atoms with Crippen molar-refractivity contribution in [1.82, 2.24) is 29.4 Å². The highest BCUT2D eigenvalue weighted by atomic mass is 32.2. The molecule has 13 nitrogen and oxygen atoms in total. The lowest BCUT2D eigenvalue weighted by atomic mass is 10.0. The van der Waals surface area contributed by atoms with Crippen LogP contribution in [-0.4, -0.2) is 88.2 Å². The summed E-state index contributed by atoms with van der Waals surface area (Å²) in [4.78, 5) is 29.2. The van der Waals surface area contributed by atoms with Gasteiger partial charge in [-0.2, -0.15) is 18.6 Å². The molecule has 2 aromatic heterocycles. The van der Waals surface area contributed by atoms with Gasteiger partial charge < -0.3 is 9.47 Å². The summed E-state index contributed by atoms with van der Waals surface area (Å²) in [6.45, 7) is 4.35. The Morgan fingerprint density at radius 2 is 1.31 bits per heavy atom. The number of aromatic nitrogens is 4. The summed E-state index contributed by atoms with van der Waals surface area (Å²) >= 11 is 13.0. The Kier molecular flexibility index (Phi) is 14.3. The van der Waals surface area contributed by atoms with Crippen LogP contribution in [0.5, 0.6) is 11.5 Å². The highest BCUT2D eigenvalue weighted by molar-refractivity contribution is 8.27. The molecule has 0 radical (unpaired) electrons. The van der Waals surface area contributed by atoms with Gasteiger partial charge in [0.05, 0.1) is 32.6 Å². The molecule has 2 fully saturated rings. The zero-order valence-electron chi connectivity index (χ0n) is 38.0. The molecule has 0 bridgehead atoms. The molecule has 1 atom stereocenters. The van der Waals surface area contributed by atoms with E-state index in [1.807, 2.05) is 139 Å². The minimum absolute atomic E-state index is 0.0837. The molecule has 0 saturated carbocycles. The molecular formula is C52H44N6O7S5.